The highest BCUT2D eigenvalue weighted by atomic mass is 16.5. The van der Waals surface area contributed by atoms with E-state index < -0.39 is 6.10 Å². The number of rotatable bonds is 9. The van der Waals surface area contributed by atoms with Gasteiger partial charge in [0.1, 0.15) is 23.6 Å². The molecule has 2 aromatic carbocycles. The van der Waals surface area contributed by atoms with Crippen LogP contribution in [0.25, 0.3) is 10.9 Å². The number of aliphatic hydroxyl groups excluding tert-OH is 1. The van der Waals surface area contributed by atoms with E-state index in [4.69, 9.17) is 14.6 Å². The number of aliphatic hydroxyl groups is 1. The largest absolute Gasteiger partial charge is 0.480 e. The van der Waals surface area contributed by atoms with E-state index in [-0.39, 0.29) is 19.1 Å². The number of pyridine rings is 1. The summed E-state index contributed by atoms with van der Waals surface area (Å²) in [6.45, 7) is 3.62. The maximum atomic E-state index is 12.2. The number of amides is 1. The Balaban J connectivity index is 1.58. The zero-order valence-corrected chi connectivity index (χ0v) is 18.9. The molecule has 1 amide bonds. The SMILES string of the molecule is Cc1cc(Nc2ncnc3cccc(O[C@H](C)C(=O)NCCO)c23)ccc1Oc1ccccn1. The van der Waals surface area contributed by atoms with Crippen LogP contribution in [-0.4, -0.2) is 45.2 Å². The minimum atomic E-state index is -0.768. The van der Waals surface area contributed by atoms with Gasteiger partial charge < -0.3 is 25.2 Å². The summed E-state index contributed by atoms with van der Waals surface area (Å²) in [6.07, 6.45) is 2.38. The minimum absolute atomic E-state index is 0.139. The van der Waals surface area contributed by atoms with E-state index >= 15 is 0 Å². The number of carbonyl (C=O) groups excluding carboxylic acids is 1. The van der Waals surface area contributed by atoms with Crippen molar-refractivity contribution in [1.29, 1.82) is 0 Å². The zero-order chi connectivity index (χ0) is 23.9. The molecular formula is C25H25N5O4. The van der Waals surface area contributed by atoms with Gasteiger partial charge in [-0.15, -0.1) is 0 Å². The van der Waals surface area contributed by atoms with Gasteiger partial charge in [-0.1, -0.05) is 12.1 Å². The number of aromatic nitrogens is 3. The Hall–Kier alpha value is -4.24. The predicted octanol–water partition coefficient (Wildman–Crippen LogP) is 3.74. The molecule has 3 N–H and O–H groups in total. The molecule has 0 unspecified atom stereocenters. The lowest BCUT2D eigenvalue weighted by atomic mass is 10.1. The fourth-order valence-corrected chi connectivity index (χ4v) is 3.34. The van der Waals surface area contributed by atoms with Crippen molar-refractivity contribution in [3.05, 3.63) is 72.7 Å². The van der Waals surface area contributed by atoms with Crippen LogP contribution >= 0.6 is 0 Å². The number of anilines is 2. The number of aryl methyl sites for hydroxylation is 1. The number of nitrogens with zero attached hydrogens (tertiary/aromatic N) is 3. The Morgan fingerprint density at radius 2 is 1.94 bits per heavy atom. The Morgan fingerprint density at radius 3 is 2.71 bits per heavy atom. The van der Waals surface area contributed by atoms with Crippen molar-refractivity contribution < 1.29 is 19.4 Å². The van der Waals surface area contributed by atoms with Gasteiger partial charge in [-0.3, -0.25) is 4.79 Å². The molecule has 2 aromatic heterocycles. The molecule has 1 atom stereocenters. The first-order valence-electron chi connectivity index (χ1n) is 10.8. The van der Waals surface area contributed by atoms with E-state index in [2.05, 4.69) is 25.6 Å². The number of hydrogen-bond acceptors (Lipinski definition) is 8. The Labute approximate surface area is 196 Å². The second-order valence-electron chi connectivity index (χ2n) is 7.52. The van der Waals surface area contributed by atoms with Gasteiger partial charge in [-0.05, 0) is 55.8 Å². The van der Waals surface area contributed by atoms with Crippen LogP contribution in [0.3, 0.4) is 0 Å². The molecule has 4 rings (SSSR count). The highest BCUT2D eigenvalue weighted by Gasteiger charge is 2.18. The lowest BCUT2D eigenvalue weighted by Crippen LogP contribution is -2.37. The quantitative estimate of drug-likeness (QED) is 0.346. The van der Waals surface area contributed by atoms with Crippen molar-refractivity contribution in [1.82, 2.24) is 20.3 Å². The second-order valence-corrected chi connectivity index (χ2v) is 7.52. The molecule has 0 radical (unpaired) electrons. The molecule has 0 aliphatic heterocycles. The number of nitrogens with one attached hydrogen (secondary N) is 2. The van der Waals surface area contributed by atoms with E-state index in [0.717, 1.165) is 11.3 Å². The second kappa shape index (κ2) is 10.6. The maximum absolute atomic E-state index is 12.2. The average Bonchev–Trinajstić information content (AvgIpc) is 2.85. The molecule has 0 fully saturated rings. The summed E-state index contributed by atoms with van der Waals surface area (Å²) in [5.41, 5.74) is 2.39. The summed E-state index contributed by atoms with van der Waals surface area (Å²) in [6, 6.07) is 16.6. The molecule has 9 nitrogen and oxygen atoms in total. The van der Waals surface area contributed by atoms with E-state index in [9.17, 15) is 4.79 Å². The first-order chi connectivity index (χ1) is 16.5. The van der Waals surface area contributed by atoms with Crippen LogP contribution in [0, 0.1) is 6.92 Å². The molecular weight excluding hydrogens is 434 g/mol. The van der Waals surface area contributed by atoms with Gasteiger partial charge in [0.2, 0.25) is 5.88 Å². The number of carbonyl (C=O) groups is 1. The van der Waals surface area contributed by atoms with Crippen LogP contribution in [0.4, 0.5) is 11.5 Å². The molecule has 0 spiro atoms. The van der Waals surface area contributed by atoms with Gasteiger partial charge >= 0.3 is 0 Å². The van der Waals surface area contributed by atoms with Crippen LogP contribution in [-0.2, 0) is 4.79 Å². The average molecular weight is 460 g/mol. The molecule has 4 aromatic rings. The van der Waals surface area contributed by atoms with E-state index in [1.807, 2.05) is 43.3 Å². The van der Waals surface area contributed by atoms with Crippen LogP contribution in [0.15, 0.2) is 67.1 Å². The molecule has 2 heterocycles. The fourth-order valence-electron chi connectivity index (χ4n) is 3.34. The minimum Gasteiger partial charge on any atom is -0.480 e. The lowest BCUT2D eigenvalue weighted by Gasteiger charge is -2.17. The third kappa shape index (κ3) is 5.38. The van der Waals surface area contributed by atoms with Gasteiger partial charge in [-0.25, -0.2) is 15.0 Å². The van der Waals surface area contributed by atoms with Crippen LogP contribution in [0.1, 0.15) is 12.5 Å². The van der Waals surface area contributed by atoms with Crippen molar-refractivity contribution in [3.8, 4) is 17.4 Å². The molecule has 34 heavy (non-hydrogen) atoms. The van der Waals surface area contributed by atoms with E-state index in [0.29, 0.717) is 34.1 Å². The van der Waals surface area contributed by atoms with Gasteiger partial charge in [0.25, 0.3) is 5.91 Å². The molecule has 0 aliphatic rings. The fraction of sp³-hybridized carbons (Fsp3) is 0.200. The molecule has 0 bridgehead atoms. The van der Waals surface area contributed by atoms with E-state index in [1.165, 1.54) is 6.33 Å². The first-order valence-corrected chi connectivity index (χ1v) is 10.8. The standard InChI is InChI=1S/C25H25N5O4/c1-16-14-18(9-10-20(16)34-22-8-3-4-11-26-22)30-24-23-19(28-15-29-24)6-5-7-21(23)33-17(2)25(32)27-12-13-31/h3-11,14-15,17,31H,12-13H2,1-2H3,(H,27,32)(H,28,29,30)/t17-/m1/s1. The van der Waals surface area contributed by atoms with Crippen molar-refractivity contribution in [2.24, 2.45) is 0 Å². The van der Waals surface area contributed by atoms with Crippen molar-refractivity contribution in [2.45, 2.75) is 20.0 Å². The summed E-state index contributed by atoms with van der Waals surface area (Å²) >= 11 is 0. The predicted molar refractivity (Wildman–Crippen MR) is 128 cm³/mol. The Morgan fingerprint density at radius 1 is 1.06 bits per heavy atom. The van der Waals surface area contributed by atoms with Gasteiger partial charge in [0.15, 0.2) is 6.10 Å². The van der Waals surface area contributed by atoms with Crippen LogP contribution in [0.5, 0.6) is 17.4 Å². The normalized spacial score (nSPS) is 11.6. The van der Waals surface area contributed by atoms with Crippen molar-refractivity contribution >= 4 is 28.3 Å². The third-order valence-electron chi connectivity index (χ3n) is 5.00. The number of benzene rings is 2. The molecule has 0 saturated carbocycles. The van der Waals surface area contributed by atoms with Crippen molar-refractivity contribution in [3.63, 3.8) is 0 Å². The summed E-state index contributed by atoms with van der Waals surface area (Å²) in [4.78, 5) is 25.1. The third-order valence-corrected chi connectivity index (χ3v) is 5.00. The molecule has 0 saturated heterocycles. The highest BCUT2D eigenvalue weighted by molar-refractivity contribution is 5.96. The highest BCUT2D eigenvalue weighted by Crippen LogP contribution is 2.33. The van der Waals surface area contributed by atoms with Crippen LogP contribution in [0.2, 0.25) is 0 Å². The number of fused-ring (bicyclic) bond motifs is 1. The smallest absolute Gasteiger partial charge is 0.260 e. The molecule has 174 valence electrons. The summed E-state index contributed by atoms with van der Waals surface area (Å²) in [5, 5.41) is 15.5. The first kappa shape index (κ1) is 22.9. The number of hydrogen-bond donors (Lipinski definition) is 3. The monoisotopic (exact) mass is 459 g/mol. The topological polar surface area (TPSA) is 118 Å². The Kier molecular flexibility index (Phi) is 7.14. The van der Waals surface area contributed by atoms with E-state index in [1.54, 1.807) is 31.3 Å². The van der Waals surface area contributed by atoms with Gasteiger partial charge in [0, 0.05) is 24.5 Å². The van der Waals surface area contributed by atoms with Crippen molar-refractivity contribution in [2.75, 3.05) is 18.5 Å². The summed E-state index contributed by atoms with van der Waals surface area (Å²) in [5.74, 6) is 1.91. The molecule has 9 heteroatoms. The van der Waals surface area contributed by atoms with Gasteiger partial charge in [0.05, 0.1) is 17.5 Å². The Bertz CT molecular complexity index is 1280. The summed E-state index contributed by atoms with van der Waals surface area (Å²) in [7, 11) is 0. The molecule has 0 aliphatic carbocycles. The maximum Gasteiger partial charge on any atom is 0.260 e. The number of ether oxygens (including phenoxy) is 2. The van der Waals surface area contributed by atoms with Gasteiger partial charge in [-0.2, -0.15) is 0 Å². The zero-order valence-electron chi connectivity index (χ0n) is 18.9. The summed E-state index contributed by atoms with van der Waals surface area (Å²) < 4.78 is 11.8. The lowest BCUT2D eigenvalue weighted by molar-refractivity contribution is -0.127. The van der Waals surface area contributed by atoms with Crippen LogP contribution < -0.4 is 20.1 Å².